The van der Waals surface area contributed by atoms with E-state index in [2.05, 4.69) is 15.3 Å². The predicted octanol–water partition coefficient (Wildman–Crippen LogP) is 3.26. The Morgan fingerprint density at radius 3 is 2.52 bits per heavy atom. The molecule has 1 aromatic heterocycles. The SMILES string of the molecule is COc1ccc(N2Cc3c(NCCc4ccc(F)cc4)ncnc3N(C)CC2=O)cc1. The number of carbonyl (C=O) groups is 1. The molecule has 0 saturated carbocycles. The molecule has 0 bridgehead atoms. The number of anilines is 3. The van der Waals surface area contributed by atoms with Crippen molar-refractivity contribution in [2.45, 2.75) is 13.0 Å². The lowest BCUT2D eigenvalue weighted by Gasteiger charge is -2.22. The number of nitrogens with zero attached hydrogens (tertiary/aromatic N) is 4. The number of ether oxygens (including phenoxy) is 1. The quantitative estimate of drug-likeness (QED) is 0.659. The standard InChI is InChI=1S/C23H24FN5O2/c1-28-14-21(30)29(18-7-9-19(31-2)10-8-18)13-20-22(26-15-27-23(20)28)25-12-11-16-3-5-17(24)6-4-16/h3-10,15H,11-14H2,1-2H3,(H,25,26,27). The van der Waals surface area contributed by atoms with Gasteiger partial charge >= 0.3 is 0 Å². The minimum atomic E-state index is -0.246. The Morgan fingerprint density at radius 2 is 1.81 bits per heavy atom. The molecule has 3 aromatic rings. The lowest BCUT2D eigenvalue weighted by atomic mass is 10.1. The smallest absolute Gasteiger partial charge is 0.246 e. The molecule has 1 aliphatic heterocycles. The Kier molecular flexibility index (Phi) is 5.97. The minimum Gasteiger partial charge on any atom is -0.497 e. The number of nitrogens with one attached hydrogen (secondary N) is 1. The van der Waals surface area contributed by atoms with Crippen LogP contribution in [0.1, 0.15) is 11.1 Å². The Bertz CT molecular complexity index is 1060. The molecule has 0 saturated heterocycles. The molecule has 31 heavy (non-hydrogen) atoms. The van der Waals surface area contributed by atoms with E-state index in [9.17, 15) is 9.18 Å². The molecule has 4 rings (SSSR count). The largest absolute Gasteiger partial charge is 0.497 e. The molecule has 0 atom stereocenters. The first-order valence-corrected chi connectivity index (χ1v) is 10.0. The number of hydrogen-bond acceptors (Lipinski definition) is 6. The van der Waals surface area contributed by atoms with Crippen molar-refractivity contribution in [3.63, 3.8) is 0 Å². The van der Waals surface area contributed by atoms with Crippen LogP contribution < -0.4 is 19.9 Å². The van der Waals surface area contributed by atoms with Gasteiger partial charge in [0, 0.05) is 19.3 Å². The summed E-state index contributed by atoms with van der Waals surface area (Å²) in [6.45, 7) is 1.19. The fourth-order valence-corrected chi connectivity index (χ4v) is 3.61. The molecule has 7 nitrogen and oxygen atoms in total. The second kappa shape index (κ2) is 8.99. The number of hydrogen-bond donors (Lipinski definition) is 1. The van der Waals surface area contributed by atoms with Gasteiger partial charge < -0.3 is 19.9 Å². The van der Waals surface area contributed by atoms with Crippen LogP contribution in [-0.2, 0) is 17.8 Å². The molecule has 0 spiro atoms. The topological polar surface area (TPSA) is 70.6 Å². The third-order valence-corrected chi connectivity index (χ3v) is 5.28. The maximum atomic E-state index is 13.1. The van der Waals surface area contributed by atoms with Crippen LogP contribution in [-0.4, -0.2) is 43.1 Å². The number of carbonyl (C=O) groups excluding carboxylic acids is 1. The molecule has 2 heterocycles. The van der Waals surface area contributed by atoms with Crippen LogP contribution in [0.2, 0.25) is 0 Å². The maximum absolute atomic E-state index is 13.1. The van der Waals surface area contributed by atoms with E-state index in [0.29, 0.717) is 18.9 Å². The second-order valence-corrected chi connectivity index (χ2v) is 7.36. The third kappa shape index (κ3) is 4.58. The molecule has 1 N–H and O–H groups in total. The molecule has 1 amide bonds. The molecular weight excluding hydrogens is 397 g/mol. The zero-order valence-electron chi connectivity index (χ0n) is 17.5. The number of rotatable bonds is 6. The first-order chi connectivity index (χ1) is 15.0. The Morgan fingerprint density at radius 1 is 1.06 bits per heavy atom. The van der Waals surface area contributed by atoms with E-state index in [1.165, 1.54) is 18.5 Å². The van der Waals surface area contributed by atoms with E-state index in [0.717, 1.165) is 34.8 Å². The van der Waals surface area contributed by atoms with Crippen molar-refractivity contribution in [2.24, 2.45) is 0 Å². The summed E-state index contributed by atoms with van der Waals surface area (Å²) in [6, 6.07) is 13.9. The summed E-state index contributed by atoms with van der Waals surface area (Å²) in [5.41, 5.74) is 2.67. The highest BCUT2D eigenvalue weighted by Gasteiger charge is 2.28. The van der Waals surface area contributed by atoms with Gasteiger partial charge in [0.15, 0.2) is 0 Å². The van der Waals surface area contributed by atoms with Gasteiger partial charge in [-0.3, -0.25) is 4.79 Å². The number of likely N-dealkylation sites (N-methyl/N-ethyl adjacent to an activating group) is 1. The molecule has 0 aliphatic carbocycles. The zero-order chi connectivity index (χ0) is 21.8. The van der Waals surface area contributed by atoms with Crippen molar-refractivity contribution < 1.29 is 13.9 Å². The number of methoxy groups -OCH3 is 1. The van der Waals surface area contributed by atoms with E-state index in [1.807, 2.05) is 36.2 Å². The number of benzene rings is 2. The summed E-state index contributed by atoms with van der Waals surface area (Å²) in [7, 11) is 3.46. The third-order valence-electron chi connectivity index (χ3n) is 5.28. The zero-order valence-corrected chi connectivity index (χ0v) is 17.5. The van der Waals surface area contributed by atoms with Gasteiger partial charge in [0.2, 0.25) is 5.91 Å². The number of halogens is 1. The van der Waals surface area contributed by atoms with E-state index < -0.39 is 0 Å². The van der Waals surface area contributed by atoms with Gasteiger partial charge in [-0.1, -0.05) is 12.1 Å². The van der Waals surface area contributed by atoms with Crippen molar-refractivity contribution in [1.82, 2.24) is 9.97 Å². The van der Waals surface area contributed by atoms with E-state index in [1.54, 1.807) is 24.1 Å². The monoisotopic (exact) mass is 421 g/mol. The molecule has 0 unspecified atom stereocenters. The lowest BCUT2D eigenvalue weighted by molar-refractivity contribution is -0.117. The highest BCUT2D eigenvalue weighted by atomic mass is 19.1. The van der Waals surface area contributed by atoms with Crippen molar-refractivity contribution in [2.75, 3.05) is 42.4 Å². The summed E-state index contributed by atoms with van der Waals surface area (Å²) in [5, 5.41) is 3.36. The van der Waals surface area contributed by atoms with Gasteiger partial charge in [-0.05, 0) is 48.4 Å². The normalized spacial score (nSPS) is 13.6. The van der Waals surface area contributed by atoms with Crippen LogP contribution >= 0.6 is 0 Å². The van der Waals surface area contributed by atoms with E-state index in [4.69, 9.17) is 4.74 Å². The van der Waals surface area contributed by atoms with Crippen LogP contribution in [0.25, 0.3) is 0 Å². The summed E-state index contributed by atoms with van der Waals surface area (Å²) in [4.78, 5) is 25.4. The molecule has 160 valence electrons. The fraction of sp³-hybridized carbons (Fsp3) is 0.261. The van der Waals surface area contributed by atoms with E-state index >= 15 is 0 Å². The minimum absolute atomic E-state index is 0.0251. The van der Waals surface area contributed by atoms with Gasteiger partial charge in [-0.25, -0.2) is 14.4 Å². The maximum Gasteiger partial charge on any atom is 0.246 e. The van der Waals surface area contributed by atoms with Gasteiger partial charge in [-0.15, -0.1) is 0 Å². The van der Waals surface area contributed by atoms with Gasteiger partial charge in [0.05, 0.1) is 25.8 Å². The van der Waals surface area contributed by atoms with Gasteiger partial charge in [0.1, 0.15) is 29.5 Å². The average Bonchev–Trinajstić information content (AvgIpc) is 2.91. The number of fused-ring (bicyclic) bond motifs is 1. The second-order valence-electron chi connectivity index (χ2n) is 7.36. The van der Waals surface area contributed by atoms with Gasteiger partial charge in [0.25, 0.3) is 0 Å². The molecular formula is C23H24FN5O2. The Labute approximate surface area is 180 Å². The van der Waals surface area contributed by atoms with E-state index in [-0.39, 0.29) is 18.3 Å². The lowest BCUT2D eigenvalue weighted by Crippen LogP contribution is -2.35. The highest BCUT2D eigenvalue weighted by molar-refractivity contribution is 5.97. The van der Waals surface area contributed by atoms with Crippen LogP contribution in [0, 0.1) is 5.82 Å². The Hall–Kier alpha value is -3.68. The van der Waals surface area contributed by atoms with Crippen molar-refractivity contribution in [1.29, 1.82) is 0 Å². The van der Waals surface area contributed by atoms with Crippen molar-refractivity contribution in [3.05, 3.63) is 71.8 Å². The summed E-state index contributed by atoms with van der Waals surface area (Å²) >= 11 is 0. The molecule has 1 aliphatic rings. The average molecular weight is 421 g/mol. The predicted molar refractivity (Wildman–Crippen MR) is 118 cm³/mol. The molecule has 0 radical (unpaired) electrons. The molecule has 2 aromatic carbocycles. The van der Waals surface area contributed by atoms with Crippen molar-refractivity contribution >= 4 is 23.2 Å². The summed E-state index contributed by atoms with van der Waals surface area (Å²) < 4.78 is 18.3. The van der Waals surface area contributed by atoms with Crippen LogP contribution in [0.4, 0.5) is 21.7 Å². The van der Waals surface area contributed by atoms with Crippen molar-refractivity contribution in [3.8, 4) is 5.75 Å². The number of amides is 1. The number of aromatic nitrogens is 2. The highest BCUT2D eigenvalue weighted by Crippen LogP contribution is 2.30. The molecule has 8 heteroatoms. The fourth-order valence-electron chi connectivity index (χ4n) is 3.61. The molecule has 0 fully saturated rings. The first kappa shape index (κ1) is 20.6. The van der Waals surface area contributed by atoms with Crippen LogP contribution in [0.3, 0.4) is 0 Å². The van der Waals surface area contributed by atoms with Gasteiger partial charge in [-0.2, -0.15) is 0 Å². The van der Waals surface area contributed by atoms with Crippen LogP contribution in [0.15, 0.2) is 54.9 Å². The van der Waals surface area contributed by atoms with Crippen LogP contribution in [0.5, 0.6) is 5.75 Å². The first-order valence-electron chi connectivity index (χ1n) is 10.0. The Balaban J connectivity index is 1.57. The summed E-state index contributed by atoms with van der Waals surface area (Å²) in [5.74, 6) is 1.87. The summed E-state index contributed by atoms with van der Waals surface area (Å²) in [6.07, 6.45) is 2.22.